The smallest absolute Gasteiger partial charge is 0.328 e. The number of urea groups is 1. The molecule has 0 aliphatic rings. The van der Waals surface area contributed by atoms with Gasteiger partial charge in [-0.3, -0.25) is 10.1 Å². The van der Waals surface area contributed by atoms with Crippen LogP contribution in [-0.2, 0) is 9.59 Å². The van der Waals surface area contributed by atoms with E-state index in [0.29, 0.717) is 18.9 Å². The second-order valence-electron chi connectivity index (χ2n) is 3.15. The summed E-state index contributed by atoms with van der Waals surface area (Å²) in [6, 6.07) is -0.914. The number of nitrogens with one attached hydrogen (secondary N) is 2. The van der Waals surface area contributed by atoms with E-state index in [-0.39, 0.29) is 6.04 Å². The van der Waals surface area contributed by atoms with Crippen molar-refractivity contribution in [3.8, 4) is 12.3 Å². The van der Waals surface area contributed by atoms with Crippen LogP contribution in [0.5, 0.6) is 0 Å². The van der Waals surface area contributed by atoms with Gasteiger partial charge in [0.1, 0.15) is 0 Å². The summed E-state index contributed by atoms with van der Waals surface area (Å²) in [6.45, 7) is 1.84. The topological polar surface area (TPSA) is 95.5 Å². The zero-order chi connectivity index (χ0) is 13.3. The van der Waals surface area contributed by atoms with Crippen molar-refractivity contribution in [2.45, 2.75) is 25.8 Å². The van der Waals surface area contributed by atoms with Crippen LogP contribution in [0.25, 0.3) is 0 Å². The van der Waals surface area contributed by atoms with Crippen molar-refractivity contribution < 1.29 is 19.5 Å². The van der Waals surface area contributed by atoms with Crippen molar-refractivity contribution in [2.24, 2.45) is 0 Å². The number of carboxylic acids is 1. The number of terminal acetylenes is 1. The highest BCUT2D eigenvalue weighted by Crippen LogP contribution is 1.95. The Labute approximate surface area is 99.1 Å². The van der Waals surface area contributed by atoms with Crippen LogP contribution in [-0.4, -0.2) is 29.1 Å². The third kappa shape index (κ3) is 7.62. The Kier molecular flexibility index (Phi) is 6.86. The minimum atomic E-state index is -1.26. The lowest BCUT2D eigenvalue weighted by Gasteiger charge is -2.13. The number of carboxylic acid groups (broad SMARTS) is 1. The maximum atomic E-state index is 11.2. The maximum absolute atomic E-state index is 11.2. The summed E-state index contributed by atoms with van der Waals surface area (Å²) in [5, 5.41) is 12.7. The molecule has 0 aromatic carbocycles. The van der Waals surface area contributed by atoms with Gasteiger partial charge in [-0.15, -0.1) is 12.3 Å². The number of carbonyl (C=O) groups is 3. The number of hydrogen-bond donors (Lipinski definition) is 3. The zero-order valence-corrected chi connectivity index (χ0v) is 9.40. The number of hydrogen-bond acceptors (Lipinski definition) is 3. The Morgan fingerprint density at radius 1 is 1.41 bits per heavy atom. The Morgan fingerprint density at radius 3 is 2.53 bits per heavy atom. The molecule has 6 heteroatoms. The predicted octanol–water partition coefficient (Wildman–Crippen LogP) is 0.255. The van der Waals surface area contributed by atoms with Crippen LogP contribution >= 0.6 is 0 Å². The van der Waals surface area contributed by atoms with Gasteiger partial charge in [0.25, 0.3) is 5.91 Å². The van der Waals surface area contributed by atoms with Gasteiger partial charge in [0.15, 0.2) is 0 Å². The number of amides is 3. The molecule has 6 nitrogen and oxygen atoms in total. The van der Waals surface area contributed by atoms with Crippen LogP contribution in [0.4, 0.5) is 4.79 Å². The highest BCUT2D eigenvalue weighted by Gasteiger charge is 2.10. The molecule has 1 unspecified atom stereocenters. The molecule has 0 bridgehead atoms. The lowest BCUT2D eigenvalue weighted by molar-refractivity contribution is -0.131. The van der Waals surface area contributed by atoms with Gasteiger partial charge in [-0.1, -0.05) is 6.92 Å². The first-order valence-corrected chi connectivity index (χ1v) is 4.95. The first-order chi connectivity index (χ1) is 7.99. The molecule has 0 aromatic rings. The number of imide groups is 1. The molecule has 0 heterocycles. The molecule has 0 fully saturated rings. The molecule has 3 amide bonds. The molecule has 92 valence electrons. The van der Waals surface area contributed by atoms with Gasteiger partial charge in [0, 0.05) is 24.6 Å². The highest BCUT2D eigenvalue weighted by atomic mass is 16.4. The molecule has 0 spiro atoms. The summed E-state index contributed by atoms with van der Waals surface area (Å²) >= 11 is 0. The Morgan fingerprint density at radius 2 is 2.06 bits per heavy atom. The van der Waals surface area contributed by atoms with Crippen LogP contribution in [0.15, 0.2) is 12.2 Å². The van der Waals surface area contributed by atoms with E-state index in [9.17, 15) is 14.4 Å². The first kappa shape index (κ1) is 14.7. The minimum Gasteiger partial charge on any atom is -0.478 e. The summed E-state index contributed by atoms with van der Waals surface area (Å²) in [5.74, 6) is 0.329. The van der Waals surface area contributed by atoms with E-state index in [4.69, 9.17) is 11.5 Å². The van der Waals surface area contributed by atoms with E-state index in [2.05, 4.69) is 11.2 Å². The van der Waals surface area contributed by atoms with Crippen LogP contribution in [0.1, 0.15) is 19.8 Å². The van der Waals surface area contributed by atoms with Gasteiger partial charge in [0.05, 0.1) is 0 Å². The second-order valence-corrected chi connectivity index (χ2v) is 3.15. The fraction of sp³-hybridized carbons (Fsp3) is 0.364. The number of rotatable bonds is 5. The van der Waals surface area contributed by atoms with E-state index >= 15 is 0 Å². The molecule has 0 saturated heterocycles. The molecule has 0 rings (SSSR count). The average Bonchev–Trinajstić information content (AvgIpc) is 2.25. The minimum absolute atomic E-state index is 0.212. The average molecular weight is 238 g/mol. The molecule has 1 atom stereocenters. The largest absolute Gasteiger partial charge is 0.478 e. The Hall–Kier alpha value is -2.29. The Balaban J connectivity index is 4.13. The van der Waals surface area contributed by atoms with Crippen molar-refractivity contribution in [1.82, 2.24) is 10.6 Å². The van der Waals surface area contributed by atoms with Crippen molar-refractivity contribution >= 4 is 17.9 Å². The fourth-order valence-corrected chi connectivity index (χ4v) is 0.962. The van der Waals surface area contributed by atoms with E-state index in [1.165, 1.54) is 0 Å². The molecule has 0 radical (unpaired) electrons. The fourth-order valence-electron chi connectivity index (χ4n) is 0.962. The normalized spacial score (nSPS) is 11.5. The SMILES string of the molecule is C#CCC(CC)NC(=O)NC(=O)/C=C/C(=O)O. The molecule has 17 heavy (non-hydrogen) atoms. The van der Waals surface area contributed by atoms with Crippen molar-refractivity contribution in [1.29, 1.82) is 0 Å². The van der Waals surface area contributed by atoms with Crippen LogP contribution in [0.2, 0.25) is 0 Å². The summed E-state index contributed by atoms with van der Waals surface area (Å²) < 4.78 is 0. The molecule has 3 N–H and O–H groups in total. The third-order valence-electron chi connectivity index (χ3n) is 1.81. The lowest BCUT2D eigenvalue weighted by Crippen LogP contribution is -2.43. The van der Waals surface area contributed by atoms with E-state index in [0.717, 1.165) is 6.08 Å². The highest BCUT2D eigenvalue weighted by molar-refractivity contribution is 6.02. The van der Waals surface area contributed by atoms with E-state index < -0.39 is 17.9 Å². The number of carbonyl (C=O) groups excluding carboxylic acids is 2. The zero-order valence-electron chi connectivity index (χ0n) is 9.40. The standard InChI is InChI=1S/C11H14N2O4/c1-3-5-8(4-2)12-11(17)13-9(14)6-7-10(15)16/h1,6-8H,4-5H2,2H3,(H,15,16)(H2,12,13,14,17)/b7-6+. The third-order valence-corrected chi connectivity index (χ3v) is 1.81. The van der Waals surface area contributed by atoms with Crippen LogP contribution in [0, 0.1) is 12.3 Å². The molecule has 0 aliphatic heterocycles. The summed E-state index contributed by atoms with van der Waals surface area (Å²) in [5.41, 5.74) is 0. The van der Waals surface area contributed by atoms with Crippen LogP contribution in [0.3, 0.4) is 0 Å². The van der Waals surface area contributed by atoms with Gasteiger partial charge >= 0.3 is 12.0 Å². The molecule has 0 aromatic heterocycles. The number of aliphatic carboxylic acids is 1. The maximum Gasteiger partial charge on any atom is 0.328 e. The van der Waals surface area contributed by atoms with Gasteiger partial charge in [0.2, 0.25) is 0 Å². The summed E-state index contributed by atoms with van der Waals surface area (Å²) in [7, 11) is 0. The first-order valence-electron chi connectivity index (χ1n) is 4.95. The van der Waals surface area contributed by atoms with Crippen molar-refractivity contribution in [3.05, 3.63) is 12.2 Å². The second kappa shape index (κ2) is 7.93. The van der Waals surface area contributed by atoms with E-state index in [1.54, 1.807) is 0 Å². The van der Waals surface area contributed by atoms with Gasteiger partial charge in [-0.25, -0.2) is 9.59 Å². The predicted molar refractivity (Wildman–Crippen MR) is 61.0 cm³/mol. The molecular weight excluding hydrogens is 224 g/mol. The van der Waals surface area contributed by atoms with Gasteiger partial charge in [-0.2, -0.15) is 0 Å². The summed E-state index contributed by atoms with van der Waals surface area (Å²) in [4.78, 5) is 32.4. The summed E-state index contributed by atoms with van der Waals surface area (Å²) in [6.07, 6.45) is 7.49. The van der Waals surface area contributed by atoms with Gasteiger partial charge in [-0.05, 0) is 6.42 Å². The van der Waals surface area contributed by atoms with Crippen LogP contribution < -0.4 is 10.6 Å². The monoisotopic (exact) mass is 238 g/mol. The lowest BCUT2D eigenvalue weighted by atomic mass is 10.2. The molecular formula is C11H14N2O4. The van der Waals surface area contributed by atoms with Crippen molar-refractivity contribution in [3.63, 3.8) is 0 Å². The quantitative estimate of drug-likeness (QED) is 0.472. The Bertz CT molecular complexity index is 368. The van der Waals surface area contributed by atoms with Gasteiger partial charge < -0.3 is 10.4 Å². The molecule has 0 saturated carbocycles. The van der Waals surface area contributed by atoms with E-state index in [1.807, 2.05) is 12.2 Å². The molecule has 0 aliphatic carbocycles. The van der Waals surface area contributed by atoms with Crippen molar-refractivity contribution in [2.75, 3.05) is 0 Å².